The summed E-state index contributed by atoms with van der Waals surface area (Å²) in [6, 6.07) is 8.15. The van der Waals surface area contributed by atoms with E-state index in [0.29, 0.717) is 18.5 Å². The molecule has 1 aliphatic rings. The quantitative estimate of drug-likeness (QED) is 0.702. The molecule has 0 spiro atoms. The molecule has 0 aliphatic heterocycles. The standard InChI is InChI=1S/C15H19N3O4/c19-13(11-8-4-5-9-12(11)14(20)21)17-18-15(22)16-10-6-2-1-3-7-10/h1-3,6-7,11-12H,4-5,8-9H2,(H,17,19)(H,20,21)(H2,16,18,22)/p-1/t11-,12+/m1/s1. The second kappa shape index (κ2) is 7.44. The van der Waals surface area contributed by atoms with E-state index in [1.807, 2.05) is 6.07 Å². The number of hydrazine groups is 1. The van der Waals surface area contributed by atoms with Gasteiger partial charge in [-0.25, -0.2) is 10.2 Å². The van der Waals surface area contributed by atoms with Gasteiger partial charge in [-0.2, -0.15) is 0 Å². The number of carbonyl (C=O) groups excluding carboxylic acids is 3. The average molecular weight is 304 g/mol. The van der Waals surface area contributed by atoms with Crippen molar-refractivity contribution in [3.05, 3.63) is 30.3 Å². The molecule has 2 rings (SSSR count). The van der Waals surface area contributed by atoms with E-state index in [2.05, 4.69) is 16.2 Å². The number of benzene rings is 1. The number of para-hydroxylation sites is 1. The number of nitrogens with one attached hydrogen (secondary N) is 3. The Kier molecular flexibility index (Phi) is 5.35. The summed E-state index contributed by atoms with van der Waals surface area (Å²) in [6.07, 6.45) is 2.46. The van der Waals surface area contributed by atoms with E-state index in [4.69, 9.17) is 0 Å². The minimum absolute atomic E-state index is 0.427. The first-order chi connectivity index (χ1) is 10.6. The van der Waals surface area contributed by atoms with Gasteiger partial charge in [0.2, 0.25) is 5.91 Å². The van der Waals surface area contributed by atoms with Gasteiger partial charge in [-0.1, -0.05) is 31.0 Å². The number of anilines is 1. The second-order valence-electron chi connectivity index (χ2n) is 5.25. The number of carboxylic acid groups (broad SMARTS) is 1. The number of hydrogen-bond acceptors (Lipinski definition) is 4. The van der Waals surface area contributed by atoms with Crippen LogP contribution in [0, 0.1) is 11.8 Å². The molecule has 0 bridgehead atoms. The molecule has 0 heterocycles. The average Bonchev–Trinajstić information content (AvgIpc) is 2.53. The fraction of sp³-hybridized carbons (Fsp3) is 0.400. The first-order valence-electron chi connectivity index (χ1n) is 7.20. The molecule has 1 aromatic rings. The van der Waals surface area contributed by atoms with Crippen molar-refractivity contribution >= 4 is 23.6 Å². The van der Waals surface area contributed by atoms with Crippen LogP contribution in [-0.2, 0) is 9.59 Å². The molecular formula is C15H18N3O4-. The van der Waals surface area contributed by atoms with Gasteiger partial charge in [-0.15, -0.1) is 0 Å². The molecule has 3 N–H and O–H groups in total. The van der Waals surface area contributed by atoms with Crippen LogP contribution in [0.3, 0.4) is 0 Å². The highest BCUT2D eigenvalue weighted by molar-refractivity contribution is 5.91. The molecule has 7 nitrogen and oxygen atoms in total. The lowest BCUT2D eigenvalue weighted by Crippen LogP contribution is -2.50. The number of urea groups is 1. The van der Waals surface area contributed by atoms with Gasteiger partial charge >= 0.3 is 6.03 Å². The Morgan fingerprint density at radius 2 is 1.59 bits per heavy atom. The maximum absolute atomic E-state index is 12.0. The van der Waals surface area contributed by atoms with Crippen LogP contribution in [0.15, 0.2) is 30.3 Å². The van der Waals surface area contributed by atoms with Crippen molar-refractivity contribution in [2.45, 2.75) is 25.7 Å². The van der Waals surface area contributed by atoms with Crippen LogP contribution in [0.4, 0.5) is 10.5 Å². The highest BCUT2D eigenvalue weighted by Crippen LogP contribution is 2.29. The maximum atomic E-state index is 12.0. The van der Waals surface area contributed by atoms with E-state index in [-0.39, 0.29) is 0 Å². The molecule has 0 aromatic heterocycles. The first kappa shape index (κ1) is 15.8. The van der Waals surface area contributed by atoms with Crippen LogP contribution in [0.25, 0.3) is 0 Å². The summed E-state index contributed by atoms with van der Waals surface area (Å²) in [4.78, 5) is 34.7. The van der Waals surface area contributed by atoms with Gasteiger partial charge in [-0.05, 0) is 25.0 Å². The largest absolute Gasteiger partial charge is 0.550 e. The summed E-state index contributed by atoms with van der Waals surface area (Å²) in [5.74, 6) is -3.19. The van der Waals surface area contributed by atoms with Gasteiger partial charge in [-0.3, -0.25) is 10.2 Å². The summed E-state index contributed by atoms with van der Waals surface area (Å²) in [5, 5.41) is 13.6. The molecule has 1 saturated carbocycles. The van der Waals surface area contributed by atoms with Crippen LogP contribution in [0.1, 0.15) is 25.7 Å². The van der Waals surface area contributed by atoms with E-state index >= 15 is 0 Å². The predicted molar refractivity (Wildman–Crippen MR) is 77.2 cm³/mol. The predicted octanol–water partition coefficient (Wildman–Crippen LogP) is 0.396. The molecule has 0 saturated heterocycles. The summed E-state index contributed by atoms with van der Waals surface area (Å²) >= 11 is 0. The zero-order valence-corrected chi connectivity index (χ0v) is 12.0. The fourth-order valence-electron chi connectivity index (χ4n) is 2.62. The van der Waals surface area contributed by atoms with Gasteiger partial charge in [0.15, 0.2) is 0 Å². The normalized spacial score (nSPS) is 20.7. The molecule has 2 atom stereocenters. The van der Waals surface area contributed by atoms with Crippen LogP contribution in [0.5, 0.6) is 0 Å². The van der Waals surface area contributed by atoms with Crippen LogP contribution in [-0.4, -0.2) is 17.9 Å². The number of amides is 3. The SMILES string of the molecule is O=C(NNC(=O)[C@@H]1CCCC[C@@H]1C(=O)[O-])Nc1ccccc1. The third kappa shape index (κ3) is 4.21. The van der Waals surface area contributed by atoms with Crippen LogP contribution in [0.2, 0.25) is 0 Å². The molecule has 0 radical (unpaired) electrons. The van der Waals surface area contributed by atoms with E-state index in [9.17, 15) is 19.5 Å². The number of carbonyl (C=O) groups is 3. The lowest BCUT2D eigenvalue weighted by molar-refractivity contribution is -0.314. The van der Waals surface area contributed by atoms with Gasteiger partial charge in [0.05, 0.1) is 0 Å². The smallest absolute Gasteiger partial charge is 0.337 e. The van der Waals surface area contributed by atoms with Crippen molar-refractivity contribution in [3.63, 3.8) is 0 Å². The van der Waals surface area contributed by atoms with Crippen molar-refractivity contribution in [2.24, 2.45) is 11.8 Å². The topological polar surface area (TPSA) is 110 Å². The highest BCUT2D eigenvalue weighted by atomic mass is 16.4. The third-order valence-corrected chi connectivity index (χ3v) is 3.74. The Hall–Kier alpha value is -2.57. The van der Waals surface area contributed by atoms with E-state index in [1.165, 1.54) is 0 Å². The first-order valence-corrected chi connectivity index (χ1v) is 7.20. The van der Waals surface area contributed by atoms with E-state index in [0.717, 1.165) is 12.8 Å². The summed E-state index contributed by atoms with van der Waals surface area (Å²) in [5.41, 5.74) is 5.07. The van der Waals surface area contributed by atoms with Crippen molar-refractivity contribution in [1.29, 1.82) is 0 Å². The van der Waals surface area contributed by atoms with Crippen LogP contribution >= 0.6 is 0 Å². The lowest BCUT2D eigenvalue weighted by Gasteiger charge is -2.31. The van der Waals surface area contributed by atoms with Gasteiger partial charge in [0, 0.05) is 23.5 Å². The Bertz CT molecular complexity index is 547. The fourth-order valence-corrected chi connectivity index (χ4v) is 2.62. The Labute approximate surface area is 128 Å². The number of carboxylic acids is 1. The van der Waals surface area contributed by atoms with Crippen LogP contribution < -0.4 is 21.3 Å². The molecule has 7 heteroatoms. The van der Waals surface area contributed by atoms with Crippen molar-refractivity contribution in [2.75, 3.05) is 5.32 Å². The molecule has 3 amide bonds. The van der Waals surface area contributed by atoms with Crippen molar-refractivity contribution in [1.82, 2.24) is 10.9 Å². The Morgan fingerprint density at radius 1 is 0.955 bits per heavy atom. The monoisotopic (exact) mass is 304 g/mol. The molecule has 0 unspecified atom stereocenters. The van der Waals surface area contributed by atoms with Crippen molar-refractivity contribution in [3.8, 4) is 0 Å². The molecular weight excluding hydrogens is 286 g/mol. The zero-order valence-electron chi connectivity index (χ0n) is 12.0. The van der Waals surface area contributed by atoms with Gasteiger partial charge < -0.3 is 15.2 Å². The van der Waals surface area contributed by atoms with Gasteiger partial charge in [0.25, 0.3) is 0 Å². The van der Waals surface area contributed by atoms with Crippen molar-refractivity contribution < 1.29 is 19.5 Å². The Morgan fingerprint density at radius 3 is 2.23 bits per heavy atom. The minimum atomic E-state index is -1.21. The molecule has 1 aliphatic carbocycles. The molecule has 1 aromatic carbocycles. The third-order valence-electron chi connectivity index (χ3n) is 3.74. The van der Waals surface area contributed by atoms with Gasteiger partial charge in [0.1, 0.15) is 0 Å². The maximum Gasteiger partial charge on any atom is 0.337 e. The lowest BCUT2D eigenvalue weighted by atomic mass is 9.79. The number of rotatable bonds is 3. The summed E-state index contributed by atoms with van der Waals surface area (Å²) in [6.45, 7) is 0. The number of aliphatic carboxylic acids is 1. The summed E-state index contributed by atoms with van der Waals surface area (Å²) in [7, 11) is 0. The zero-order chi connectivity index (χ0) is 15.9. The molecule has 118 valence electrons. The number of hydrogen-bond donors (Lipinski definition) is 3. The highest BCUT2D eigenvalue weighted by Gasteiger charge is 2.31. The summed E-state index contributed by atoms with van der Waals surface area (Å²) < 4.78 is 0. The minimum Gasteiger partial charge on any atom is -0.550 e. The van der Waals surface area contributed by atoms with E-state index in [1.54, 1.807) is 24.3 Å². The Balaban J connectivity index is 1.83. The molecule has 1 fully saturated rings. The second-order valence-corrected chi connectivity index (χ2v) is 5.25. The molecule has 22 heavy (non-hydrogen) atoms. The van der Waals surface area contributed by atoms with E-state index < -0.39 is 29.7 Å².